The van der Waals surface area contributed by atoms with Gasteiger partial charge in [0.05, 0.1) is 6.04 Å². The largest absolute Gasteiger partial charge is 0.349 e. The summed E-state index contributed by atoms with van der Waals surface area (Å²) >= 11 is 0. The van der Waals surface area contributed by atoms with E-state index in [1.54, 1.807) is 19.1 Å². The molecule has 0 spiro atoms. The van der Waals surface area contributed by atoms with E-state index in [1.807, 2.05) is 12.1 Å². The van der Waals surface area contributed by atoms with E-state index in [9.17, 15) is 9.59 Å². The monoisotopic (exact) mass is 352 g/mol. The van der Waals surface area contributed by atoms with Crippen LogP contribution < -0.4 is 10.6 Å². The van der Waals surface area contributed by atoms with Gasteiger partial charge < -0.3 is 10.6 Å². The number of benzene rings is 1. The molecule has 0 bridgehead atoms. The van der Waals surface area contributed by atoms with Crippen LogP contribution in [0, 0.1) is 6.92 Å². The molecule has 3 aromatic rings. The molecule has 1 fully saturated rings. The molecular weight excluding hydrogens is 336 g/mol. The smallest absolute Gasteiger partial charge is 0.295 e. The van der Waals surface area contributed by atoms with Crippen molar-refractivity contribution in [3.05, 3.63) is 47.8 Å². The van der Waals surface area contributed by atoms with Crippen LogP contribution in [-0.2, 0) is 4.79 Å². The Morgan fingerprint density at radius 1 is 1.31 bits per heavy atom. The molecule has 0 radical (unpaired) electrons. The number of carbonyl (C=O) groups is 2. The summed E-state index contributed by atoms with van der Waals surface area (Å²) in [6.07, 6.45) is 2.68. The van der Waals surface area contributed by atoms with Gasteiger partial charge in [-0.1, -0.05) is 12.1 Å². The summed E-state index contributed by atoms with van der Waals surface area (Å²) in [5.74, 6) is 0.576. The minimum Gasteiger partial charge on any atom is -0.349 e. The summed E-state index contributed by atoms with van der Waals surface area (Å²) in [6, 6.07) is 7.39. The zero-order valence-corrected chi connectivity index (χ0v) is 13.9. The Bertz CT molecular complexity index is 945. The second-order valence-electron chi connectivity index (χ2n) is 5.94. The maximum Gasteiger partial charge on any atom is 0.295 e. The maximum absolute atomic E-state index is 12.4. The van der Waals surface area contributed by atoms with Crippen molar-refractivity contribution >= 4 is 17.5 Å². The van der Waals surface area contributed by atoms with Gasteiger partial charge in [0.1, 0.15) is 12.2 Å². The predicted octanol–water partition coefficient (Wildman–Crippen LogP) is 0.897. The maximum atomic E-state index is 12.4. The van der Waals surface area contributed by atoms with Gasteiger partial charge in [-0.05, 0) is 31.0 Å². The topological polar surface area (TPSA) is 130 Å². The third kappa shape index (κ3) is 3.04. The fraction of sp³-hybridized carbons (Fsp3) is 0.250. The van der Waals surface area contributed by atoms with E-state index in [2.05, 4.69) is 35.9 Å². The van der Waals surface area contributed by atoms with Crippen molar-refractivity contribution in [2.75, 3.05) is 5.32 Å². The molecule has 3 N–H and O–H groups in total. The highest BCUT2D eigenvalue weighted by Crippen LogP contribution is 2.24. The quantitative estimate of drug-likeness (QED) is 0.639. The minimum absolute atomic E-state index is 0.0334. The number of amides is 2. The Morgan fingerprint density at radius 3 is 2.77 bits per heavy atom. The molecule has 1 aliphatic rings. The summed E-state index contributed by atoms with van der Waals surface area (Å²) in [5.41, 5.74) is 1.63. The third-order valence-corrected chi connectivity index (χ3v) is 4.14. The Hall–Kier alpha value is -3.56. The number of aromatic nitrogens is 6. The van der Waals surface area contributed by atoms with Gasteiger partial charge in [-0.2, -0.15) is 14.8 Å². The van der Waals surface area contributed by atoms with Gasteiger partial charge in [-0.25, -0.2) is 10.1 Å². The number of hydrogen-bond donors (Lipinski definition) is 3. The molecule has 0 saturated carbocycles. The van der Waals surface area contributed by atoms with E-state index >= 15 is 0 Å². The summed E-state index contributed by atoms with van der Waals surface area (Å²) in [7, 11) is 0. The van der Waals surface area contributed by atoms with E-state index in [0.29, 0.717) is 23.9 Å². The molecule has 0 aliphatic carbocycles. The number of rotatable bonds is 4. The van der Waals surface area contributed by atoms with E-state index < -0.39 is 5.91 Å². The van der Waals surface area contributed by atoms with Crippen LogP contribution in [0.25, 0.3) is 5.95 Å². The average molecular weight is 352 g/mol. The highest BCUT2D eigenvalue weighted by Gasteiger charge is 2.22. The molecule has 26 heavy (non-hydrogen) atoms. The van der Waals surface area contributed by atoms with Crippen molar-refractivity contribution in [1.29, 1.82) is 0 Å². The van der Waals surface area contributed by atoms with E-state index in [1.165, 1.54) is 11.0 Å². The summed E-state index contributed by atoms with van der Waals surface area (Å²) < 4.78 is 1.41. The number of nitrogens with zero attached hydrogens (tertiary/aromatic N) is 5. The molecule has 3 heterocycles. The third-order valence-electron chi connectivity index (χ3n) is 4.14. The van der Waals surface area contributed by atoms with E-state index in [-0.39, 0.29) is 17.8 Å². The molecule has 132 valence electrons. The van der Waals surface area contributed by atoms with Crippen LogP contribution in [0.1, 0.15) is 40.9 Å². The van der Waals surface area contributed by atoms with Gasteiger partial charge in [0.25, 0.3) is 5.91 Å². The first kappa shape index (κ1) is 15.9. The molecule has 10 nitrogen and oxygen atoms in total. The molecule has 2 aromatic heterocycles. The Balaban J connectivity index is 1.46. The molecule has 1 aromatic carbocycles. The van der Waals surface area contributed by atoms with Gasteiger partial charge in [0.15, 0.2) is 0 Å². The SMILES string of the molecule is Cc1nc(C(=O)Nc2ccc(C3CCC(=O)N3)cc2)nn1-c1ncn[nH]1. The lowest BCUT2D eigenvalue weighted by atomic mass is 10.1. The molecule has 1 unspecified atom stereocenters. The minimum atomic E-state index is -0.423. The summed E-state index contributed by atoms with van der Waals surface area (Å²) in [5, 5.41) is 16.3. The molecule has 4 rings (SSSR count). The fourth-order valence-electron chi connectivity index (χ4n) is 2.84. The molecule has 1 atom stereocenters. The predicted molar refractivity (Wildman–Crippen MR) is 90.5 cm³/mol. The molecule has 2 amide bonds. The number of H-pyrrole nitrogens is 1. The van der Waals surface area contributed by atoms with Crippen LogP contribution in [0.5, 0.6) is 0 Å². The lowest BCUT2D eigenvalue weighted by molar-refractivity contribution is -0.119. The number of aryl methyl sites for hydroxylation is 1. The molecule has 10 heteroatoms. The number of aromatic amines is 1. The van der Waals surface area contributed by atoms with Gasteiger partial charge in [0, 0.05) is 12.1 Å². The Kier molecular flexibility index (Phi) is 3.92. The van der Waals surface area contributed by atoms with Crippen molar-refractivity contribution in [2.45, 2.75) is 25.8 Å². The average Bonchev–Trinajstić information content (AvgIpc) is 3.36. The summed E-state index contributed by atoms with van der Waals surface area (Å²) in [4.78, 5) is 31.8. The van der Waals surface area contributed by atoms with Crippen LogP contribution in [0.2, 0.25) is 0 Å². The first-order valence-electron chi connectivity index (χ1n) is 8.10. The second-order valence-corrected chi connectivity index (χ2v) is 5.94. The van der Waals surface area contributed by atoms with Crippen molar-refractivity contribution in [3.63, 3.8) is 0 Å². The Labute approximate surface area is 148 Å². The second kappa shape index (κ2) is 6.39. The number of hydrogen-bond acceptors (Lipinski definition) is 6. The van der Waals surface area contributed by atoms with Gasteiger partial charge >= 0.3 is 0 Å². The first-order valence-corrected chi connectivity index (χ1v) is 8.10. The lowest BCUT2D eigenvalue weighted by Crippen LogP contribution is -2.18. The molecule has 1 aliphatic heterocycles. The van der Waals surface area contributed by atoms with Crippen molar-refractivity contribution in [2.24, 2.45) is 0 Å². The van der Waals surface area contributed by atoms with E-state index in [4.69, 9.17) is 0 Å². The number of anilines is 1. The zero-order valence-electron chi connectivity index (χ0n) is 13.9. The normalized spacial score (nSPS) is 16.5. The van der Waals surface area contributed by atoms with Gasteiger partial charge in [-0.3, -0.25) is 9.59 Å². The highest BCUT2D eigenvalue weighted by molar-refractivity contribution is 6.01. The van der Waals surface area contributed by atoms with Crippen LogP contribution in [0.3, 0.4) is 0 Å². The van der Waals surface area contributed by atoms with Crippen LogP contribution in [-0.4, -0.2) is 41.8 Å². The standard InChI is InChI=1S/C16H16N8O2/c1-9-19-14(23-24(9)16-17-8-18-22-16)15(26)20-11-4-2-10(3-5-11)12-6-7-13(25)21-12/h2-5,8,12H,6-7H2,1H3,(H,20,26)(H,21,25)(H,17,18,22). The van der Waals surface area contributed by atoms with Crippen molar-refractivity contribution in [1.82, 2.24) is 35.3 Å². The summed E-state index contributed by atoms with van der Waals surface area (Å²) in [6.45, 7) is 1.72. The van der Waals surface area contributed by atoms with Crippen LogP contribution in [0.15, 0.2) is 30.6 Å². The highest BCUT2D eigenvalue weighted by atomic mass is 16.2. The zero-order chi connectivity index (χ0) is 18.1. The van der Waals surface area contributed by atoms with Crippen molar-refractivity contribution < 1.29 is 9.59 Å². The number of nitrogens with one attached hydrogen (secondary N) is 3. The number of carbonyl (C=O) groups excluding carboxylic acids is 2. The van der Waals surface area contributed by atoms with Crippen LogP contribution in [0.4, 0.5) is 5.69 Å². The van der Waals surface area contributed by atoms with Crippen molar-refractivity contribution in [3.8, 4) is 5.95 Å². The van der Waals surface area contributed by atoms with Gasteiger partial charge in [0.2, 0.25) is 17.7 Å². The first-order chi connectivity index (χ1) is 12.6. The fourth-order valence-corrected chi connectivity index (χ4v) is 2.84. The van der Waals surface area contributed by atoms with Crippen LogP contribution >= 0.6 is 0 Å². The lowest BCUT2D eigenvalue weighted by Gasteiger charge is -2.11. The molecule has 1 saturated heterocycles. The van der Waals surface area contributed by atoms with E-state index in [0.717, 1.165) is 12.0 Å². The Morgan fingerprint density at radius 2 is 2.12 bits per heavy atom. The van der Waals surface area contributed by atoms with Gasteiger partial charge in [-0.15, -0.1) is 5.10 Å². The molecular formula is C16H16N8O2.